The molecular formula is C12H16O2. The lowest BCUT2D eigenvalue weighted by Crippen LogP contribution is -1.99. The standard InChI is InChI=1S/C12H16O2/c1-4-5-12(14-3)10-6-8-11(13-2)9-7-10/h4,6-9,12H,1,5H2,2-3H3/t12-/m0/s1. The Morgan fingerprint density at radius 2 is 1.93 bits per heavy atom. The number of ether oxygens (including phenoxy) is 2. The van der Waals surface area contributed by atoms with E-state index in [2.05, 4.69) is 6.58 Å². The van der Waals surface area contributed by atoms with Crippen molar-refractivity contribution in [3.05, 3.63) is 42.5 Å². The van der Waals surface area contributed by atoms with Gasteiger partial charge in [0.2, 0.25) is 0 Å². The second-order valence-electron chi connectivity index (χ2n) is 3.02. The van der Waals surface area contributed by atoms with Crippen LogP contribution in [0.15, 0.2) is 36.9 Å². The van der Waals surface area contributed by atoms with Crippen LogP contribution < -0.4 is 4.74 Å². The fourth-order valence-electron chi connectivity index (χ4n) is 1.34. The highest BCUT2D eigenvalue weighted by Gasteiger charge is 2.07. The summed E-state index contributed by atoms with van der Waals surface area (Å²) in [5.74, 6) is 0.863. The summed E-state index contributed by atoms with van der Waals surface area (Å²) in [5.41, 5.74) is 1.15. The second kappa shape index (κ2) is 5.45. The summed E-state index contributed by atoms with van der Waals surface area (Å²) in [5, 5.41) is 0. The molecule has 0 radical (unpaired) electrons. The van der Waals surface area contributed by atoms with Crippen LogP contribution in [0.4, 0.5) is 0 Å². The minimum atomic E-state index is 0.0957. The molecular weight excluding hydrogens is 176 g/mol. The predicted octanol–water partition coefficient (Wildman–Crippen LogP) is 2.96. The molecule has 0 fully saturated rings. The molecule has 76 valence electrons. The lowest BCUT2D eigenvalue weighted by molar-refractivity contribution is 0.106. The van der Waals surface area contributed by atoms with E-state index in [1.54, 1.807) is 14.2 Å². The quantitative estimate of drug-likeness (QED) is 0.668. The predicted molar refractivity (Wildman–Crippen MR) is 57.6 cm³/mol. The highest BCUT2D eigenvalue weighted by Crippen LogP contribution is 2.22. The van der Waals surface area contributed by atoms with Crippen LogP contribution >= 0.6 is 0 Å². The molecule has 0 heterocycles. The molecule has 0 saturated carbocycles. The minimum absolute atomic E-state index is 0.0957. The van der Waals surface area contributed by atoms with Crippen molar-refractivity contribution in [3.63, 3.8) is 0 Å². The average Bonchev–Trinajstić information content (AvgIpc) is 2.26. The number of rotatable bonds is 5. The third-order valence-electron chi connectivity index (χ3n) is 2.15. The number of hydrogen-bond donors (Lipinski definition) is 0. The van der Waals surface area contributed by atoms with Gasteiger partial charge < -0.3 is 9.47 Å². The van der Waals surface area contributed by atoms with Gasteiger partial charge in [0.05, 0.1) is 13.2 Å². The van der Waals surface area contributed by atoms with Crippen LogP contribution in [0.3, 0.4) is 0 Å². The van der Waals surface area contributed by atoms with Crippen LogP contribution in [0.2, 0.25) is 0 Å². The molecule has 0 aromatic heterocycles. The summed E-state index contributed by atoms with van der Waals surface area (Å²) in [4.78, 5) is 0. The topological polar surface area (TPSA) is 18.5 Å². The summed E-state index contributed by atoms with van der Waals surface area (Å²) in [7, 11) is 3.37. The Labute approximate surface area is 85.2 Å². The third-order valence-corrected chi connectivity index (χ3v) is 2.15. The van der Waals surface area contributed by atoms with Gasteiger partial charge in [0.1, 0.15) is 5.75 Å². The van der Waals surface area contributed by atoms with Crippen molar-refractivity contribution in [1.82, 2.24) is 0 Å². The summed E-state index contributed by atoms with van der Waals surface area (Å²) in [6.07, 6.45) is 2.78. The zero-order valence-electron chi connectivity index (χ0n) is 8.69. The van der Waals surface area contributed by atoms with E-state index in [1.165, 1.54) is 0 Å². The van der Waals surface area contributed by atoms with Gasteiger partial charge in [-0.15, -0.1) is 6.58 Å². The summed E-state index contributed by atoms with van der Waals surface area (Å²) in [6.45, 7) is 3.70. The van der Waals surface area contributed by atoms with Gasteiger partial charge >= 0.3 is 0 Å². The van der Waals surface area contributed by atoms with Crippen molar-refractivity contribution < 1.29 is 9.47 Å². The lowest BCUT2D eigenvalue weighted by Gasteiger charge is -2.13. The molecule has 1 aromatic rings. The van der Waals surface area contributed by atoms with E-state index < -0.39 is 0 Å². The maximum Gasteiger partial charge on any atom is 0.118 e. The Bertz CT molecular complexity index is 277. The smallest absolute Gasteiger partial charge is 0.118 e. The molecule has 0 bridgehead atoms. The van der Waals surface area contributed by atoms with Gasteiger partial charge in [-0.3, -0.25) is 0 Å². The van der Waals surface area contributed by atoms with E-state index in [1.807, 2.05) is 30.3 Å². The first-order chi connectivity index (χ1) is 6.81. The van der Waals surface area contributed by atoms with E-state index in [0.717, 1.165) is 17.7 Å². The Morgan fingerprint density at radius 1 is 1.29 bits per heavy atom. The van der Waals surface area contributed by atoms with E-state index >= 15 is 0 Å². The van der Waals surface area contributed by atoms with Gasteiger partial charge in [0, 0.05) is 7.11 Å². The largest absolute Gasteiger partial charge is 0.497 e. The average molecular weight is 192 g/mol. The molecule has 0 amide bonds. The van der Waals surface area contributed by atoms with E-state index in [0.29, 0.717) is 0 Å². The molecule has 0 aliphatic rings. The van der Waals surface area contributed by atoms with Crippen molar-refractivity contribution in [2.45, 2.75) is 12.5 Å². The molecule has 2 heteroatoms. The summed E-state index contributed by atoms with van der Waals surface area (Å²) >= 11 is 0. The highest BCUT2D eigenvalue weighted by molar-refractivity contribution is 5.28. The lowest BCUT2D eigenvalue weighted by atomic mass is 10.1. The summed E-state index contributed by atoms with van der Waals surface area (Å²) in [6, 6.07) is 7.89. The first-order valence-electron chi connectivity index (χ1n) is 4.59. The fourth-order valence-corrected chi connectivity index (χ4v) is 1.34. The monoisotopic (exact) mass is 192 g/mol. The van der Waals surface area contributed by atoms with Crippen molar-refractivity contribution >= 4 is 0 Å². The zero-order valence-corrected chi connectivity index (χ0v) is 8.69. The van der Waals surface area contributed by atoms with Crippen LogP contribution in [0.1, 0.15) is 18.1 Å². The van der Waals surface area contributed by atoms with E-state index in [-0.39, 0.29) is 6.10 Å². The van der Waals surface area contributed by atoms with Gasteiger partial charge in [-0.2, -0.15) is 0 Å². The zero-order chi connectivity index (χ0) is 10.4. The highest BCUT2D eigenvalue weighted by atomic mass is 16.5. The first kappa shape index (κ1) is 10.8. The molecule has 1 aromatic carbocycles. The Morgan fingerprint density at radius 3 is 2.36 bits per heavy atom. The van der Waals surface area contributed by atoms with Crippen molar-refractivity contribution in [3.8, 4) is 5.75 Å². The Kier molecular flexibility index (Phi) is 4.20. The first-order valence-corrected chi connectivity index (χ1v) is 4.59. The van der Waals surface area contributed by atoms with Gasteiger partial charge in [0.15, 0.2) is 0 Å². The van der Waals surface area contributed by atoms with E-state index in [9.17, 15) is 0 Å². The van der Waals surface area contributed by atoms with Gasteiger partial charge in [-0.25, -0.2) is 0 Å². The fraction of sp³-hybridized carbons (Fsp3) is 0.333. The Balaban J connectivity index is 2.77. The normalized spacial score (nSPS) is 12.1. The van der Waals surface area contributed by atoms with Crippen molar-refractivity contribution in [2.24, 2.45) is 0 Å². The molecule has 0 unspecified atom stereocenters. The van der Waals surface area contributed by atoms with Crippen LogP contribution in [-0.4, -0.2) is 14.2 Å². The molecule has 0 aliphatic heterocycles. The van der Waals surface area contributed by atoms with Crippen LogP contribution in [0.5, 0.6) is 5.75 Å². The SMILES string of the molecule is C=CC[C@H](OC)c1ccc(OC)cc1. The molecule has 0 N–H and O–H groups in total. The van der Waals surface area contributed by atoms with Crippen molar-refractivity contribution in [1.29, 1.82) is 0 Å². The summed E-state index contributed by atoms with van der Waals surface area (Å²) < 4.78 is 10.4. The molecule has 0 saturated heterocycles. The number of methoxy groups -OCH3 is 2. The molecule has 0 aliphatic carbocycles. The molecule has 2 nitrogen and oxygen atoms in total. The van der Waals surface area contributed by atoms with Gasteiger partial charge in [-0.1, -0.05) is 18.2 Å². The molecule has 0 spiro atoms. The maximum atomic E-state index is 5.34. The number of hydrogen-bond acceptors (Lipinski definition) is 2. The third kappa shape index (κ3) is 2.60. The second-order valence-corrected chi connectivity index (χ2v) is 3.02. The number of benzene rings is 1. The van der Waals surface area contributed by atoms with Crippen LogP contribution in [0, 0.1) is 0 Å². The maximum absolute atomic E-state index is 5.34. The molecule has 14 heavy (non-hydrogen) atoms. The van der Waals surface area contributed by atoms with Gasteiger partial charge in [0.25, 0.3) is 0 Å². The van der Waals surface area contributed by atoms with E-state index in [4.69, 9.17) is 9.47 Å². The molecule has 1 atom stereocenters. The van der Waals surface area contributed by atoms with Crippen LogP contribution in [0.25, 0.3) is 0 Å². The van der Waals surface area contributed by atoms with Crippen molar-refractivity contribution in [2.75, 3.05) is 14.2 Å². The minimum Gasteiger partial charge on any atom is -0.497 e. The molecule has 1 rings (SSSR count). The van der Waals surface area contributed by atoms with Gasteiger partial charge in [-0.05, 0) is 24.1 Å². The Hall–Kier alpha value is -1.28. The van der Waals surface area contributed by atoms with Crippen LogP contribution in [-0.2, 0) is 4.74 Å².